The molecule has 74 valence electrons. The predicted molar refractivity (Wildman–Crippen MR) is 52.9 cm³/mol. The van der Waals surface area contributed by atoms with Crippen LogP contribution in [0.3, 0.4) is 0 Å². The summed E-state index contributed by atoms with van der Waals surface area (Å²) >= 11 is 0. The highest BCUT2D eigenvalue weighted by Crippen LogP contribution is 2.04. The molecule has 4 N–H and O–H groups in total. The summed E-state index contributed by atoms with van der Waals surface area (Å²) in [6, 6.07) is 1.84. The quantitative estimate of drug-likeness (QED) is 0.213. The van der Waals surface area contributed by atoms with Crippen molar-refractivity contribution >= 4 is 5.84 Å². The van der Waals surface area contributed by atoms with E-state index in [-0.39, 0.29) is 5.84 Å². The van der Waals surface area contributed by atoms with Crippen LogP contribution in [0.2, 0.25) is 0 Å². The van der Waals surface area contributed by atoms with Gasteiger partial charge in [0.25, 0.3) is 0 Å². The minimum Gasteiger partial charge on any atom is -0.321 e. The molecule has 0 bridgehead atoms. The zero-order chi connectivity index (χ0) is 10.4. The molecule has 0 aliphatic carbocycles. The Bertz CT molecular complexity index is 345. The van der Waals surface area contributed by atoms with E-state index in [9.17, 15) is 0 Å². The van der Waals surface area contributed by atoms with Gasteiger partial charge < -0.3 is 11.2 Å². The van der Waals surface area contributed by atoms with Gasteiger partial charge in [0.2, 0.25) is 5.84 Å². The summed E-state index contributed by atoms with van der Waals surface area (Å²) in [7, 11) is 1.85. The first kappa shape index (κ1) is 10.3. The molecule has 6 heteroatoms. The summed E-state index contributed by atoms with van der Waals surface area (Å²) in [4.78, 5) is 4.00. The highest BCUT2D eigenvalue weighted by molar-refractivity contribution is 5.98. The zero-order valence-corrected chi connectivity index (χ0v) is 7.86. The Morgan fingerprint density at radius 2 is 2.43 bits per heavy atom. The number of hydrazone groups is 1. The topological polar surface area (TPSA) is 99.5 Å². The SMILES string of the molecule is CNCc1cncc(/C(N=N)=N/N)c1. The number of aromatic nitrogens is 1. The van der Waals surface area contributed by atoms with Crippen molar-refractivity contribution in [1.82, 2.24) is 10.3 Å². The lowest BCUT2D eigenvalue weighted by Crippen LogP contribution is -2.07. The van der Waals surface area contributed by atoms with Crippen LogP contribution in [0.4, 0.5) is 0 Å². The molecule has 0 amide bonds. The van der Waals surface area contributed by atoms with Crippen LogP contribution in [0.5, 0.6) is 0 Å². The highest BCUT2D eigenvalue weighted by atomic mass is 15.2. The van der Waals surface area contributed by atoms with Gasteiger partial charge in [0.15, 0.2) is 0 Å². The molecule has 0 aromatic carbocycles. The molecule has 0 spiro atoms. The average Bonchev–Trinajstić information content (AvgIpc) is 2.21. The number of hydrogen-bond acceptors (Lipinski definition) is 5. The lowest BCUT2D eigenvalue weighted by molar-refractivity contribution is 0.813. The van der Waals surface area contributed by atoms with E-state index >= 15 is 0 Å². The van der Waals surface area contributed by atoms with E-state index < -0.39 is 0 Å². The van der Waals surface area contributed by atoms with Gasteiger partial charge in [-0.15, -0.1) is 5.11 Å². The molecule has 0 aliphatic heterocycles. The lowest BCUT2D eigenvalue weighted by Gasteiger charge is -2.01. The van der Waals surface area contributed by atoms with Gasteiger partial charge >= 0.3 is 0 Å². The van der Waals surface area contributed by atoms with Crippen LogP contribution in [0, 0.1) is 5.53 Å². The molecule has 1 aromatic rings. The fraction of sp³-hybridized carbons (Fsp3) is 0.250. The van der Waals surface area contributed by atoms with E-state index in [0.717, 1.165) is 5.56 Å². The van der Waals surface area contributed by atoms with E-state index in [1.54, 1.807) is 12.4 Å². The zero-order valence-electron chi connectivity index (χ0n) is 7.86. The molecule has 0 atom stereocenters. The maximum Gasteiger partial charge on any atom is 0.201 e. The predicted octanol–water partition coefficient (Wildman–Crippen LogP) is 0.452. The maximum absolute atomic E-state index is 6.84. The van der Waals surface area contributed by atoms with Gasteiger partial charge in [0.05, 0.1) is 0 Å². The second-order valence-electron chi connectivity index (χ2n) is 2.68. The van der Waals surface area contributed by atoms with Crippen LogP contribution >= 0.6 is 0 Å². The van der Waals surface area contributed by atoms with Crippen LogP contribution in [0.25, 0.3) is 0 Å². The van der Waals surface area contributed by atoms with Gasteiger partial charge in [-0.2, -0.15) is 5.10 Å². The Balaban J connectivity index is 2.98. The molecule has 0 aliphatic rings. The number of rotatable bonds is 3. The number of nitrogens with two attached hydrogens (primary N) is 1. The van der Waals surface area contributed by atoms with Crippen molar-refractivity contribution in [1.29, 1.82) is 5.53 Å². The standard InChI is InChI=1S/C8H12N6/c1-11-3-6-2-7(5-12-4-6)8(13-9)14-10/h2,4-5,9,11H,3,10H2,1H3/b13-9?,14-8-. The van der Waals surface area contributed by atoms with Crippen LogP contribution < -0.4 is 11.2 Å². The number of amidine groups is 1. The largest absolute Gasteiger partial charge is 0.321 e. The fourth-order valence-electron chi connectivity index (χ4n) is 1.08. The summed E-state index contributed by atoms with van der Waals surface area (Å²) in [5, 5.41) is 9.57. The van der Waals surface area contributed by atoms with Crippen molar-refractivity contribution in [2.45, 2.75) is 6.54 Å². The van der Waals surface area contributed by atoms with Crippen molar-refractivity contribution in [3.05, 3.63) is 29.6 Å². The van der Waals surface area contributed by atoms with Crippen LogP contribution in [-0.2, 0) is 6.54 Å². The maximum atomic E-state index is 6.84. The van der Waals surface area contributed by atoms with Crippen molar-refractivity contribution < 1.29 is 0 Å². The van der Waals surface area contributed by atoms with E-state index in [0.29, 0.717) is 12.1 Å². The number of pyridine rings is 1. The van der Waals surface area contributed by atoms with Gasteiger partial charge in [-0.1, -0.05) is 0 Å². The second-order valence-corrected chi connectivity index (χ2v) is 2.68. The summed E-state index contributed by atoms with van der Waals surface area (Å²) < 4.78 is 0. The minimum absolute atomic E-state index is 0.176. The fourth-order valence-corrected chi connectivity index (χ4v) is 1.08. The molecule has 0 unspecified atom stereocenters. The molecule has 0 fully saturated rings. The van der Waals surface area contributed by atoms with E-state index in [4.69, 9.17) is 11.4 Å². The van der Waals surface area contributed by atoms with Crippen LogP contribution in [-0.4, -0.2) is 17.9 Å². The molecule has 1 heterocycles. The number of nitrogens with zero attached hydrogens (tertiary/aromatic N) is 3. The monoisotopic (exact) mass is 192 g/mol. The summed E-state index contributed by atoms with van der Waals surface area (Å²) in [5.74, 6) is 5.25. The molecule has 0 radical (unpaired) electrons. The van der Waals surface area contributed by atoms with Crippen molar-refractivity contribution in [3.8, 4) is 0 Å². The third kappa shape index (κ3) is 2.33. The Morgan fingerprint density at radius 1 is 1.64 bits per heavy atom. The Morgan fingerprint density at radius 3 is 3.00 bits per heavy atom. The van der Waals surface area contributed by atoms with Crippen LogP contribution in [0.1, 0.15) is 11.1 Å². The Kier molecular flexibility index (Phi) is 3.69. The van der Waals surface area contributed by atoms with Gasteiger partial charge in [-0.3, -0.25) is 4.98 Å². The first-order valence-electron chi connectivity index (χ1n) is 4.06. The Hall–Kier alpha value is -1.82. The van der Waals surface area contributed by atoms with Crippen molar-refractivity contribution in [2.75, 3.05) is 7.05 Å². The average molecular weight is 192 g/mol. The smallest absolute Gasteiger partial charge is 0.201 e. The van der Waals surface area contributed by atoms with Crippen molar-refractivity contribution in [2.24, 2.45) is 16.1 Å². The minimum atomic E-state index is 0.176. The highest BCUT2D eigenvalue weighted by Gasteiger charge is 2.02. The Labute approximate surface area is 81.7 Å². The molecule has 6 nitrogen and oxygen atoms in total. The molecule has 14 heavy (non-hydrogen) atoms. The van der Waals surface area contributed by atoms with E-state index in [1.165, 1.54) is 0 Å². The number of hydrogen-bond donors (Lipinski definition) is 3. The lowest BCUT2D eigenvalue weighted by atomic mass is 10.2. The summed E-state index contributed by atoms with van der Waals surface area (Å²) in [6.45, 7) is 0.705. The second kappa shape index (κ2) is 5.03. The van der Waals surface area contributed by atoms with Gasteiger partial charge in [-0.25, -0.2) is 5.53 Å². The van der Waals surface area contributed by atoms with Gasteiger partial charge in [0.1, 0.15) is 0 Å². The number of nitrogens with one attached hydrogen (secondary N) is 2. The first-order chi connectivity index (χ1) is 6.81. The molecule has 1 aromatic heterocycles. The van der Waals surface area contributed by atoms with Gasteiger partial charge in [0, 0.05) is 24.5 Å². The summed E-state index contributed by atoms with van der Waals surface area (Å²) in [6.07, 6.45) is 3.31. The molecular formula is C8H12N6. The normalized spacial score (nSPS) is 11.4. The third-order valence-corrected chi connectivity index (χ3v) is 1.66. The molecular weight excluding hydrogens is 180 g/mol. The summed E-state index contributed by atoms with van der Waals surface area (Å²) in [5.41, 5.74) is 8.48. The third-order valence-electron chi connectivity index (χ3n) is 1.66. The first-order valence-corrected chi connectivity index (χ1v) is 4.06. The van der Waals surface area contributed by atoms with Gasteiger partial charge in [-0.05, 0) is 18.7 Å². The van der Waals surface area contributed by atoms with E-state index in [2.05, 4.69) is 20.5 Å². The molecule has 0 saturated carbocycles. The van der Waals surface area contributed by atoms with Crippen molar-refractivity contribution in [3.63, 3.8) is 0 Å². The molecule has 0 saturated heterocycles. The van der Waals surface area contributed by atoms with Crippen LogP contribution in [0.15, 0.2) is 28.7 Å². The molecule has 1 rings (SSSR count). The van der Waals surface area contributed by atoms with E-state index in [1.807, 2.05) is 13.1 Å².